The average Bonchev–Trinajstić information content (AvgIpc) is 2.28. The lowest BCUT2D eigenvalue weighted by molar-refractivity contribution is -0.146. The van der Waals surface area contributed by atoms with E-state index >= 15 is 0 Å². The molecule has 0 N–H and O–H groups in total. The van der Waals surface area contributed by atoms with E-state index in [9.17, 15) is 4.79 Å². The fraction of sp³-hybridized carbons (Fsp3) is 0.417. The minimum Gasteiger partial charge on any atom is -0.468 e. The van der Waals surface area contributed by atoms with E-state index in [1.807, 2.05) is 6.92 Å². The first kappa shape index (κ1) is 13.1. The number of azide groups is 1. The van der Waals surface area contributed by atoms with Crippen molar-refractivity contribution in [3.63, 3.8) is 0 Å². The van der Waals surface area contributed by atoms with Crippen molar-refractivity contribution in [1.82, 2.24) is 0 Å². The normalized spacial score (nSPS) is 10.6. The molecule has 0 aromatic heterocycles. The molecule has 90 valence electrons. The summed E-state index contributed by atoms with van der Waals surface area (Å²) in [7, 11) is 1.37. The zero-order chi connectivity index (χ0) is 13.1. The molecule has 0 bridgehead atoms. The van der Waals surface area contributed by atoms with E-state index < -0.39 is 5.41 Å². The molecule has 0 unspecified atom stereocenters. The van der Waals surface area contributed by atoms with Gasteiger partial charge in [-0.1, -0.05) is 17.2 Å². The number of carbonyl (C=O) groups is 1. The van der Waals surface area contributed by atoms with Crippen LogP contribution in [0.1, 0.15) is 25.0 Å². The van der Waals surface area contributed by atoms with Crippen molar-refractivity contribution >= 4 is 11.7 Å². The SMILES string of the molecule is COC(=O)C(C)(C)c1ccc(N=[N+]=[N-])cc1C. The molecule has 1 rings (SSSR count). The molecule has 0 aliphatic rings. The Balaban J connectivity index is 3.24. The van der Waals surface area contributed by atoms with Gasteiger partial charge in [-0.25, -0.2) is 0 Å². The molecule has 5 heteroatoms. The Hall–Kier alpha value is -2.00. The van der Waals surface area contributed by atoms with Crippen LogP contribution in [0.5, 0.6) is 0 Å². The highest BCUT2D eigenvalue weighted by Gasteiger charge is 2.32. The summed E-state index contributed by atoms with van der Waals surface area (Å²) in [5, 5.41) is 3.52. The van der Waals surface area contributed by atoms with Crippen molar-refractivity contribution in [2.24, 2.45) is 5.11 Å². The van der Waals surface area contributed by atoms with E-state index in [1.54, 1.807) is 32.0 Å². The minimum atomic E-state index is -0.715. The molecule has 17 heavy (non-hydrogen) atoms. The molecular weight excluding hydrogens is 218 g/mol. The predicted octanol–water partition coefficient (Wildman–Crippen LogP) is 3.39. The highest BCUT2D eigenvalue weighted by Crippen LogP contribution is 2.30. The van der Waals surface area contributed by atoms with E-state index in [2.05, 4.69) is 10.0 Å². The van der Waals surface area contributed by atoms with Crippen LogP contribution in [0.15, 0.2) is 23.3 Å². The maximum absolute atomic E-state index is 11.7. The van der Waals surface area contributed by atoms with Gasteiger partial charge < -0.3 is 4.74 Å². The molecule has 0 amide bonds. The van der Waals surface area contributed by atoms with E-state index in [0.29, 0.717) is 5.69 Å². The highest BCUT2D eigenvalue weighted by atomic mass is 16.5. The van der Waals surface area contributed by atoms with Gasteiger partial charge >= 0.3 is 5.97 Å². The zero-order valence-electron chi connectivity index (χ0n) is 10.4. The predicted molar refractivity (Wildman–Crippen MR) is 65.0 cm³/mol. The number of rotatable bonds is 3. The third-order valence-electron chi connectivity index (χ3n) is 2.74. The van der Waals surface area contributed by atoms with Crippen LogP contribution in [0, 0.1) is 6.92 Å². The Morgan fingerprint density at radius 1 is 1.47 bits per heavy atom. The zero-order valence-corrected chi connectivity index (χ0v) is 10.4. The number of ether oxygens (including phenoxy) is 1. The number of benzene rings is 1. The molecular formula is C12H15N3O2. The van der Waals surface area contributed by atoms with Crippen LogP contribution < -0.4 is 0 Å². The molecule has 1 aromatic rings. The van der Waals surface area contributed by atoms with Crippen LogP contribution in [0.4, 0.5) is 5.69 Å². The molecule has 1 aromatic carbocycles. The van der Waals surface area contributed by atoms with Gasteiger partial charge in [-0.15, -0.1) is 0 Å². The van der Waals surface area contributed by atoms with Crippen LogP contribution >= 0.6 is 0 Å². The summed E-state index contributed by atoms with van der Waals surface area (Å²) in [6.45, 7) is 5.47. The minimum absolute atomic E-state index is 0.294. The summed E-state index contributed by atoms with van der Waals surface area (Å²) < 4.78 is 4.78. The van der Waals surface area contributed by atoms with Gasteiger partial charge in [0.2, 0.25) is 0 Å². The van der Waals surface area contributed by atoms with Gasteiger partial charge in [0, 0.05) is 10.6 Å². The molecule has 0 saturated carbocycles. The number of methoxy groups -OCH3 is 1. The van der Waals surface area contributed by atoms with Gasteiger partial charge in [-0.3, -0.25) is 4.79 Å². The van der Waals surface area contributed by atoms with Crippen molar-refractivity contribution in [2.75, 3.05) is 7.11 Å². The molecule has 0 heterocycles. The molecule has 0 atom stereocenters. The second-order valence-electron chi connectivity index (χ2n) is 4.31. The first-order valence-corrected chi connectivity index (χ1v) is 5.18. The summed E-state index contributed by atoms with van der Waals surface area (Å²) in [5.41, 5.74) is 9.93. The van der Waals surface area contributed by atoms with Gasteiger partial charge in [0.1, 0.15) is 0 Å². The van der Waals surface area contributed by atoms with Crippen molar-refractivity contribution in [3.8, 4) is 0 Å². The van der Waals surface area contributed by atoms with Crippen molar-refractivity contribution in [2.45, 2.75) is 26.2 Å². The number of aryl methyl sites for hydroxylation is 1. The third kappa shape index (κ3) is 2.57. The lowest BCUT2D eigenvalue weighted by Crippen LogP contribution is -2.30. The fourth-order valence-electron chi connectivity index (χ4n) is 1.83. The fourth-order valence-corrected chi connectivity index (χ4v) is 1.83. The Kier molecular flexibility index (Phi) is 3.76. The average molecular weight is 233 g/mol. The van der Waals surface area contributed by atoms with E-state index in [4.69, 9.17) is 10.3 Å². The molecule has 5 nitrogen and oxygen atoms in total. The smallest absolute Gasteiger partial charge is 0.315 e. The van der Waals surface area contributed by atoms with Crippen molar-refractivity contribution in [1.29, 1.82) is 0 Å². The Labute approximate surface area is 100 Å². The molecule has 0 aliphatic carbocycles. The van der Waals surface area contributed by atoms with Gasteiger partial charge in [0.25, 0.3) is 0 Å². The van der Waals surface area contributed by atoms with Gasteiger partial charge in [0.05, 0.1) is 12.5 Å². The van der Waals surface area contributed by atoms with Crippen LogP contribution in [-0.4, -0.2) is 13.1 Å². The number of nitrogens with zero attached hydrogens (tertiary/aromatic N) is 3. The molecule has 0 spiro atoms. The summed E-state index contributed by atoms with van der Waals surface area (Å²) in [6, 6.07) is 5.22. The van der Waals surface area contributed by atoms with Crippen LogP contribution in [0.2, 0.25) is 0 Å². The van der Waals surface area contributed by atoms with Crippen molar-refractivity contribution < 1.29 is 9.53 Å². The lowest BCUT2D eigenvalue weighted by atomic mass is 9.82. The quantitative estimate of drug-likeness (QED) is 0.347. The molecule has 0 aliphatic heterocycles. The first-order valence-electron chi connectivity index (χ1n) is 5.18. The Morgan fingerprint density at radius 3 is 2.59 bits per heavy atom. The largest absolute Gasteiger partial charge is 0.468 e. The molecule has 0 saturated heterocycles. The number of carbonyl (C=O) groups excluding carboxylic acids is 1. The number of hydrogen-bond acceptors (Lipinski definition) is 3. The van der Waals surface area contributed by atoms with Gasteiger partial charge in [0.15, 0.2) is 0 Å². The number of hydrogen-bond donors (Lipinski definition) is 0. The van der Waals surface area contributed by atoms with E-state index in [-0.39, 0.29) is 5.97 Å². The highest BCUT2D eigenvalue weighted by molar-refractivity contribution is 5.82. The second-order valence-corrected chi connectivity index (χ2v) is 4.31. The van der Waals surface area contributed by atoms with Crippen LogP contribution in [-0.2, 0) is 14.9 Å². The molecule has 0 fully saturated rings. The first-order chi connectivity index (χ1) is 7.93. The summed E-state index contributed by atoms with van der Waals surface area (Å²) in [5.74, 6) is -0.294. The second kappa shape index (κ2) is 4.89. The maximum Gasteiger partial charge on any atom is 0.315 e. The van der Waals surface area contributed by atoms with Gasteiger partial charge in [-0.2, -0.15) is 0 Å². The standard InChI is InChI=1S/C12H15N3O2/c1-8-7-9(14-15-13)5-6-10(8)12(2,3)11(16)17-4/h5-7H,1-4H3. The van der Waals surface area contributed by atoms with E-state index in [0.717, 1.165) is 11.1 Å². The van der Waals surface area contributed by atoms with Crippen LogP contribution in [0.3, 0.4) is 0 Å². The van der Waals surface area contributed by atoms with E-state index in [1.165, 1.54) is 7.11 Å². The van der Waals surface area contributed by atoms with Crippen molar-refractivity contribution in [3.05, 3.63) is 39.8 Å². The topological polar surface area (TPSA) is 75.1 Å². The van der Waals surface area contributed by atoms with Gasteiger partial charge in [-0.05, 0) is 43.5 Å². The number of esters is 1. The third-order valence-corrected chi connectivity index (χ3v) is 2.74. The Bertz CT molecular complexity index is 489. The van der Waals surface area contributed by atoms with Crippen LogP contribution in [0.25, 0.3) is 10.4 Å². The summed E-state index contributed by atoms with van der Waals surface area (Å²) >= 11 is 0. The lowest BCUT2D eigenvalue weighted by Gasteiger charge is -2.24. The maximum atomic E-state index is 11.7. The molecule has 0 radical (unpaired) electrons. The summed E-state index contributed by atoms with van der Waals surface area (Å²) in [6.07, 6.45) is 0. The monoisotopic (exact) mass is 233 g/mol. The summed E-state index contributed by atoms with van der Waals surface area (Å²) in [4.78, 5) is 14.4. The Morgan fingerprint density at radius 2 is 2.12 bits per heavy atom.